The maximum Gasteiger partial charge on any atom is 0.124 e. The van der Waals surface area contributed by atoms with Crippen LogP contribution in [0.3, 0.4) is 0 Å². The molecule has 0 amide bonds. The molecular formula is C9H11BrO3. The van der Waals surface area contributed by atoms with Crippen LogP contribution in [0.25, 0.3) is 0 Å². The molecule has 0 fully saturated rings. The average Bonchev–Trinajstić information content (AvgIpc) is 2.17. The molecule has 4 heteroatoms. The van der Waals surface area contributed by atoms with E-state index in [9.17, 15) is 0 Å². The van der Waals surface area contributed by atoms with Crippen LogP contribution in [0.4, 0.5) is 0 Å². The largest absolute Gasteiger partial charge is 0.496 e. The first-order valence-electron chi connectivity index (χ1n) is 3.80. The first-order chi connectivity index (χ1) is 6.22. The Bertz CT molecular complexity index is 299. The molecule has 0 spiro atoms. The Labute approximate surface area is 85.1 Å². The first kappa shape index (κ1) is 10.5. The van der Waals surface area contributed by atoms with Crippen LogP contribution in [0.2, 0.25) is 0 Å². The summed E-state index contributed by atoms with van der Waals surface area (Å²) >= 11 is 3.28. The number of aliphatic hydroxyl groups excluding tert-OH is 2. The molecule has 0 aliphatic carbocycles. The SMILES string of the molecule is COc1cc(CO)c(Br)cc1CO. The highest BCUT2D eigenvalue weighted by Gasteiger charge is 2.07. The van der Waals surface area contributed by atoms with Gasteiger partial charge in [0, 0.05) is 10.0 Å². The highest BCUT2D eigenvalue weighted by Crippen LogP contribution is 2.27. The zero-order valence-electron chi connectivity index (χ0n) is 7.25. The van der Waals surface area contributed by atoms with Crippen LogP contribution in [0, 0.1) is 0 Å². The molecule has 1 rings (SSSR count). The molecule has 72 valence electrons. The summed E-state index contributed by atoms with van der Waals surface area (Å²) in [6.45, 7) is -0.129. The Morgan fingerprint density at radius 2 is 1.85 bits per heavy atom. The van der Waals surface area contributed by atoms with Crippen molar-refractivity contribution in [2.75, 3.05) is 7.11 Å². The average molecular weight is 247 g/mol. The molecule has 3 nitrogen and oxygen atoms in total. The van der Waals surface area contributed by atoms with Gasteiger partial charge in [0.2, 0.25) is 0 Å². The van der Waals surface area contributed by atoms with Crippen molar-refractivity contribution in [2.45, 2.75) is 13.2 Å². The third-order valence-corrected chi connectivity index (χ3v) is 2.53. The molecule has 1 aromatic carbocycles. The molecule has 0 radical (unpaired) electrons. The zero-order chi connectivity index (χ0) is 9.84. The number of aliphatic hydroxyl groups is 2. The monoisotopic (exact) mass is 246 g/mol. The molecule has 13 heavy (non-hydrogen) atoms. The molecule has 0 atom stereocenters. The third-order valence-electron chi connectivity index (χ3n) is 1.79. The van der Waals surface area contributed by atoms with Gasteiger partial charge in [0.25, 0.3) is 0 Å². The Balaban J connectivity index is 3.18. The van der Waals surface area contributed by atoms with Crippen LogP contribution in [-0.4, -0.2) is 17.3 Å². The van der Waals surface area contributed by atoms with Crippen molar-refractivity contribution in [3.05, 3.63) is 27.7 Å². The molecule has 2 N–H and O–H groups in total. The van der Waals surface area contributed by atoms with Crippen molar-refractivity contribution in [2.24, 2.45) is 0 Å². The first-order valence-corrected chi connectivity index (χ1v) is 4.59. The molecule has 0 aromatic heterocycles. The maximum atomic E-state index is 8.97. The molecule has 0 unspecified atom stereocenters. The lowest BCUT2D eigenvalue weighted by molar-refractivity contribution is 0.270. The number of methoxy groups -OCH3 is 1. The minimum atomic E-state index is -0.0759. The smallest absolute Gasteiger partial charge is 0.124 e. The number of benzene rings is 1. The zero-order valence-corrected chi connectivity index (χ0v) is 8.84. The van der Waals surface area contributed by atoms with Crippen molar-refractivity contribution in [1.82, 2.24) is 0 Å². The molecule has 0 bridgehead atoms. The highest BCUT2D eigenvalue weighted by atomic mass is 79.9. The van der Waals surface area contributed by atoms with E-state index in [0.717, 1.165) is 10.0 Å². The number of rotatable bonds is 3. The van der Waals surface area contributed by atoms with Gasteiger partial charge in [-0.3, -0.25) is 0 Å². The van der Waals surface area contributed by atoms with E-state index < -0.39 is 0 Å². The Hall–Kier alpha value is -0.580. The van der Waals surface area contributed by atoms with E-state index in [2.05, 4.69) is 15.9 Å². The van der Waals surface area contributed by atoms with Gasteiger partial charge in [-0.05, 0) is 17.7 Å². The van der Waals surface area contributed by atoms with Crippen molar-refractivity contribution >= 4 is 15.9 Å². The summed E-state index contributed by atoms with van der Waals surface area (Å²) in [5, 5.41) is 17.9. The van der Waals surface area contributed by atoms with Gasteiger partial charge in [0.05, 0.1) is 20.3 Å². The van der Waals surface area contributed by atoms with Crippen molar-refractivity contribution in [3.63, 3.8) is 0 Å². The van der Waals surface area contributed by atoms with Crippen LogP contribution in [0.5, 0.6) is 5.75 Å². The fraction of sp³-hybridized carbons (Fsp3) is 0.333. The van der Waals surface area contributed by atoms with Crippen molar-refractivity contribution < 1.29 is 14.9 Å². The predicted molar refractivity (Wildman–Crippen MR) is 52.5 cm³/mol. The normalized spacial score (nSPS) is 10.2. The number of ether oxygens (including phenoxy) is 1. The van der Waals surface area contributed by atoms with Gasteiger partial charge in [0.1, 0.15) is 5.75 Å². The molecule has 0 aliphatic rings. The standard InChI is InChI=1S/C9H11BrO3/c1-13-9-3-6(4-11)8(10)2-7(9)5-12/h2-3,11-12H,4-5H2,1H3. The fourth-order valence-corrected chi connectivity index (χ4v) is 1.59. The molecule has 0 saturated heterocycles. The van der Waals surface area contributed by atoms with E-state index in [1.54, 1.807) is 12.1 Å². The summed E-state index contributed by atoms with van der Waals surface area (Å²) in [6, 6.07) is 3.44. The Morgan fingerprint density at radius 1 is 1.23 bits per heavy atom. The summed E-state index contributed by atoms with van der Waals surface area (Å²) < 4.78 is 5.82. The summed E-state index contributed by atoms with van der Waals surface area (Å²) in [7, 11) is 1.53. The summed E-state index contributed by atoms with van der Waals surface area (Å²) in [6.07, 6.45) is 0. The van der Waals surface area contributed by atoms with Crippen LogP contribution in [0.1, 0.15) is 11.1 Å². The minimum absolute atomic E-state index is 0.0529. The lowest BCUT2D eigenvalue weighted by Gasteiger charge is -2.09. The topological polar surface area (TPSA) is 49.7 Å². The lowest BCUT2D eigenvalue weighted by atomic mass is 10.1. The van der Waals surface area contributed by atoms with Crippen LogP contribution < -0.4 is 4.74 Å². The Morgan fingerprint density at radius 3 is 2.31 bits per heavy atom. The predicted octanol–water partition coefficient (Wildman–Crippen LogP) is 1.44. The molecule has 0 aliphatic heterocycles. The maximum absolute atomic E-state index is 8.97. The summed E-state index contributed by atoms with van der Waals surface area (Å²) in [4.78, 5) is 0. The minimum Gasteiger partial charge on any atom is -0.496 e. The highest BCUT2D eigenvalue weighted by molar-refractivity contribution is 9.10. The number of hydrogen-bond donors (Lipinski definition) is 2. The van der Waals surface area contributed by atoms with Gasteiger partial charge in [-0.25, -0.2) is 0 Å². The molecule has 1 aromatic rings. The van der Waals surface area contributed by atoms with Crippen LogP contribution >= 0.6 is 15.9 Å². The van der Waals surface area contributed by atoms with Gasteiger partial charge >= 0.3 is 0 Å². The van der Waals surface area contributed by atoms with Gasteiger partial charge in [-0.1, -0.05) is 15.9 Å². The number of hydrogen-bond acceptors (Lipinski definition) is 3. The molecule has 0 saturated carbocycles. The quantitative estimate of drug-likeness (QED) is 0.849. The van der Waals surface area contributed by atoms with E-state index in [0.29, 0.717) is 11.3 Å². The van der Waals surface area contributed by atoms with E-state index in [1.165, 1.54) is 7.11 Å². The van der Waals surface area contributed by atoms with E-state index in [1.807, 2.05) is 0 Å². The third kappa shape index (κ3) is 2.21. The van der Waals surface area contributed by atoms with Crippen LogP contribution in [-0.2, 0) is 13.2 Å². The Kier molecular flexibility index (Phi) is 3.71. The fourth-order valence-electron chi connectivity index (χ4n) is 1.07. The van der Waals surface area contributed by atoms with Gasteiger partial charge < -0.3 is 14.9 Å². The molecule has 0 heterocycles. The van der Waals surface area contributed by atoms with Gasteiger partial charge in [-0.15, -0.1) is 0 Å². The summed E-state index contributed by atoms with van der Waals surface area (Å²) in [5.41, 5.74) is 1.45. The summed E-state index contributed by atoms with van der Waals surface area (Å²) in [5.74, 6) is 0.592. The second kappa shape index (κ2) is 4.60. The van der Waals surface area contributed by atoms with Crippen molar-refractivity contribution in [1.29, 1.82) is 0 Å². The van der Waals surface area contributed by atoms with Gasteiger partial charge in [0.15, 0.2) is 0 Å². The van der Waals surface area contributed by atoms with E-state index in [-0.39, 0.29) is 13.2 Å². The van der Waals surface area contributed by atoms with E-state index >= 15 is 0 Å². The number of halogens is 1. The van der Waals surface area contributed by atoms with Crippen LogP contribution in [0.15, 0.2) is 16.6 Å². The van der Waals surface area contributed by atoms with Gasteiger partial charge in [-0.2, -0.15) is 0 Å². The second-order valence-electron chi connectivity index (χ2n) is 2.57. The van der Waals surface area contributed by atoms with Crippen molar-refractivity contribution in [3.8, 4) is 5.75 Å². The lowest BCUT2D eigenvalue weighted by Crippen LogP contribution is -1.95. The molecular weight excluding hydrogens is 236 g/mol. The van der Waals surface area contributed by atoms with E-state index in [4.69, 9.17) is 14.9 Å². The second-order valence-corrected chi connectivity index (χ2v) is 3.43.